The van der Waals surface area contributed by atoms with Crippen molar-refractivity contribution < 1.29 is 5.11 Å². The Morgan fingerprint density at radius 2 is 2.22 bits per heavy atom. The molecule has 1 heterocycles. The van der Waals surface area contributed by atoms with Crippen molar-refractivity contribution in [3.05, 3.63) is 29.3 Å². The van der Waals surface area contributed by atoms with Crippen LogP contribution in [0, 0.1) is 0 Å². The summed E-state index contributed by atoms with van der Waals surface area (Å²) < 4.78 is 0. The van der Waals surface area contributed by atoms with Gasteiger partial charge in [-0.05, 0) is 38.4 Å². The fourth-order valence-corrected chi connectivity index (χ4v) is 2.90. The van der Waals surface area contributed by atoms with Gasteiger partial charge in [0.05, 0.1) is 10.7 Å². The summed E-state index contributed by atoms with van der Waals surface area (Å²) in [6.07, 6.45) is 1.86. The number of hydrogen-bond donors (Lipinski definition) is 2. The summed E-state index contributed by atoms with van der Waals surface area (Å²) in [5.74, 6) is 0. The maximum absolute atomic E-state index is 9.24. The Kier molecular flexibility index (Phi) is 4.87. The highest BCUT2D eigenvalue weighted by atomic mass is 35.5. The van der Waals surface area contributed by atoms with Gasteiger partial charge >= 0.3 is 0 Å². The lowest BCUT2D eigenvalue weighted by molar-refractivity contribution is 0.271. The minimum Gasteiger partial charge on any atom is -0.396 e. The van der Waals surface area contributed by atoms with Crippen LogP contribution in [0.15, 0.2) is 24.3 Å². The van der Waals surface area contributed by atoms with Gasteiger partial charge in [-0.3, -0.25) is 0 Å². The third-order valence-corrected chi connectivity index (χ3v) is 3.90. The van der Waals surface area contributed by atoms with Gasteiger partial charge in [-0.1, -0.05) is 23.7 Å². The Bertz CT molecular complexity index is 386. The first-order valence-electron chi connectivity index (χ1n) is 6.58. The average molecular weight is 269 g/mol. The molecule has 100 valence electrons. The molecule has 1 aromatic rings. The molecule has 0 amide bonds. The molecule has 0 aromatic heterocycles. The van der Waals surface area contributed by atoms with Crippen LogP contribution in [0.5, 0.6) is 0 Å². The van der Waals surface area contributed by atoms with Crippen molar-refractivity contribution in [2.75, 3.05) is 24.6 Å². The average Bonchev–Trinajstić information content (AvgIpc) is 2.53. The summed E-state index contributed by atoms with van der Waals surface area (Å²) >= 11 is 6.32. The van der Waals surface area contributed by atoms with Crippen molar-refractivity contribution in [3.8, 4) is 0 Å². The highest BCUT2D eigenvalue weighted by molar-refractivity contribution is 6.33. The van der Waals surface area contributed by atoms with Crippen LogP contribution in [0.4, 0.5) is 5.69 Å². The molecule has 3 nitrogen and oxygen atoms in total. The predicted octanol–water partition coefficient (Wildman–Crippen LogP) is 2.28. The summed E-state index contributed by atoms with van der Waals surface area (Å²) in [6.45, 7) is 4.35. The van der Waals surface area contributed by atoms with E-state index in [0.29, 0.717) is 12.1 Å². The standard InChI is InChI=1S/C14H21ClN2O/c1-11-6-8-16-10-12(7-9-18)17(11)14-5-3-2-4-13(14)15/h2-5,11-12,16,18H,6-10H2,1H3. The van der Waals surface area contributed by atoms with Crippen molar-refractivity contribution in [1.82, 2.24) is 5.32 Å². The number of nitrogens with one attached hydrogen (secondary N) is 1. The van der Waals surface area contributed by atoms with Crippen LogP contribution in [0.25, 0.3) is 0 Å². The zero-order valence-corrected chi connectivity index (χ0v) is 11.5. The van der Waals surface area contributed by atoms with E-state index in [-0.39, 0.29) is 6.61 Å². The molecule has 18 heavy (non-hydrogen) atoms. The molecule has 1 fully saturated rings. The first kappa shape index (κ1) is 13.7. The molecule has 2 unspecified atom stereocenters. The minimum absolute atomic E-state index is 0.208. The third-order valence-electron chi connectivity index (χ3n) is 3.58. The van der Waals surface area contributed by atoms with Gasteiger partial charge in [-0.25, -0.2) is 0 Å². The first-order valence-corrected chi connectivity index (χ1v) is 6.96. The molecule has 2 N–H and O–H groups in total. The van der Waals surface area contributed by atoms with E-state index in [1.807, 2.05) is 18.2 Å². The smallest absolute Gasteiger partial charge is 0.0639 e. The number of rotatable bonds is 3. The Balaban J connectivity index is 2.31. The van der Waals surface area contributed by atoms with Gasteiger partial charge in [0.25, 0.3) is 0 Å². The van der Waals surface area contributed by atoms with Gasteiger partial charge in [0.2, 0.25) is 0 Å². The van der Waals surface area contributed by atoms with Crippen molar-refractivity contribution >= 4 is 17.3 Å². The predicted molar refractivity (Wildman–Crippen MR) is 76.4 cm³/mol. The maximum atomic E-state index is 9.24. The minimum atomic E-state index is 0.208. The molecule has 1 saturated heterocycles. The molecular weight excluding hydrogens is 248 g/mol. The molecular formula is C14H21ClN2O. The van der Waals surface area contributed by atoms with Crippen LogP contribution < -0.4 is 10.2 Å². The Morgan fingerprint density at radius 1 is 1.44 bits per heavy atom. The number of benzene rings is 1. The van der Waals surface area contributed by atoms with E-state index in [0.717, 1.165) is 36.6 Å². The molecule has 0 spiro atoms. The highest BCUT2D eigenvalue weighted by Gasteiger charge is 2.27. The number of aliphatic hydroxyl groups is 1. The van der Waals surface area contributed by atoms with Crippen molar-refractivity contribution in [2.24, 2.45) is 0 Å². The fourth-order valence-electron chi connectivity index (χ4n) is 2.66. The second kappa shape index (κ2) is 6.41. The summed E-state index contributed by atoms with van der Waals surface area (Å²) in [4.78, 5) is 2.36. The number of hydrogen-bond acceptors (Lipinski definition) is 3. The number of aliphatic hydroxyl groups excluding tert-OH is 1. The Labute approximate surface area is 114 Å². The molecule has 4 heteroatoms. The fraction of sp³-hybridized carbons (Fsp3) is 0.571. The van der Waals surface area contributed by atoms with E-state index < -0.39 is 0 Å². The summed E-state index contributed by atoms with van der Waals surface area (Å²) in [5.41, 5.74) is 1.08. The largest absolute Gasteiger partial charge is 0.396 e. The van der Waals surface area contributed by atoms with E-state index in [4.69, 9.17) is 11.6 Å². The Hall–Kier alpha value is -0.770. The zero-order valence-electron chi connectivity index (χ0n) is 10.8. The molecule has 0 radical (unpaired) electrons. The quantitative estimate of drug-likeness (QED) is 0.883. The van der Waals surface area contributed by atoms with Crippen molar-refractivity contribution in [3.63, 3.8) is 0 Å². The lowest BCUT2D eigenvalue weighted by Gasteiger charge is -2.37. The normalized spacial score (nSPS) is 24.9. The second-order valence-electron chi connectivity index (χ2n) is 4.87. The lowest BCUT2D eigenvalue weighted by atomic mass is 10.1. The summed E-state index contributed by atoms with van der Waals surface area (Å²) in [7, 11) is 0. The van der Waals surface area contributed by atoms with E-state index in [1.54, 1.807) is 0 Å². The molecule has 1 aliphatic heterocycles. The summed E-state index contributed by atoms with van der Waals surface area (Å²) in [5, 5.41) is 13.5. The maximum Gasteiger partial charge on any atom is 0.0639 e. The van der Waals surface area contributed by atoms with Crippen LogP contribution in [0.1, 0.15) is 19.8 Å². The van der Waals surface area contributed by atoms with E-state index in [1.165, 1.54) is 0 Å². The molecule has 2 rings (SSSR count). The summed E-state index contributed by atoms with van der Waals surface area (Å²) in [6, 6.07) is 8.69. The molecule has 0 aliphatic carbocycles. The van der Waals surface area contributed by atoms with Gasteiger partial charge in [0.1, 0.15) is 0 Å². The number of para-hydroxylation sites is 1. The van der Waals surface area contributed by atoms with E-state index >= 15 is 0 Å². The van der Waals surface area contributed by atoms with Crippen molar-refractivity contribution in [2.45, 2.75) is 31.8 Å². The van der Waals surface area contributed by atoms with Gasteiger partial charge in [-0.2, -0.15) is 0 Å². The monoisotopic (exact) mass is 268 g/mol. The Morgan fingerprint density at radius 3 is 2.94 bits per heavy atom. The molecule has 1 aliphatic rings. The highest BCUT2D eigenvalue weighted by Crippen LogP contribution is 2.30. The third kappa shape index (κ3) is 2.97. The van der Waals surface area contributed by atoms with Gasteiger partial charge in [-0.15, -0.1) is 0 Å². The van der Waals surface area contributed by atoms with Gasteiger partial charge < -0.3 is 15.3 Å². The van der Waals surface area contributed by atoms with Gasteiger partial charge in [0, 0.05) is 25.2 Å². The van der Waals surface area contributed by atoms with Crippen molar-refractivity contribution in [1.29, 1.82) is 0 Å². The van der Waals surface area contributed by atoms with Crippen LogP contribution in [-0.4, -0.2) is 36.9 Å². The lowest BCUT2D eigenvalue weighted by Crippen LogP contribution is -2.44. The zero-order chi connectivity index (χ0) is 13.0. The number of halogens is 1. The molecule has 2 atom stereocenters. The van der Waals surface area contributed by atoms with Crippen LogP contribution in [0.2, 0.25) is 5.02 Å². The van der Waals surface area contributed by atoms with E-state index in [2.05, 4.69) is 23.2 Å². The second-order valence-corrected chi connectivity index (χ2v) is 5.27. The molecule has 0 bridgehead atoms. The SMILES string of the molecule is CC1CCNCC(CCO)N1c1ccccc1Cl. The van der Waals surface area contributed by atoms with E-state index in [9.17, 15) is 5.11 Å². The molecule has 0 saturated carbocycles. The molecule has 1 aromatic carbocycles. The van der Waals surface area contributed by atoms with Gasteiger partial charge in [0.15, 0.2) is 0 Å². The van der Waals surface area contributed by atoms with Crippen LogP contribution >= 0.6 is 11.6 Å². The number of nitrogens with zero attached hydrogens (tertiary/aromatic N) is 1. The van der Waals surface area contributed by atoms with Crippen LogP contribution in [-0.2, 0) is 0 Å². The topological polar surface area (TPSA) is 35.5 Å². The first-order chi connectivity index (χ1) is 8.74. The van der Waals surface area contributed by atoms with Crippen LogP contribution in [0.3, 0.4) is 0 Å². The number of anilines is 1.